The van der Waals surface area contributed by atoms with E-state index in [1.165, 1.54) is 9.80 Å². The van der Waals surface area contributed by atoms with Gasteiger partial charge in [0.2, 0.25) is 11.9 Å². The number of amides is 2. The van der Waals surface area contributed by atoms with Crippen molar-refractivity contribution in [2.75, 3.05) is 40.1 Å². The molecule has 0 radical (unpaired) electrons. The van der Waals surface area contributed by atoms with Crippen LogP contribution in [0, 0.1) is 11.8 Å². The third-order valence-corrected chi connectivity index (χ3v) is 4.94. The summed E-state index contributed by atoms with van der Waals surface area (Å²) in [6, 6.07) is 1.61. The zero-order valence-corrected chi connectivity index (χ0v) is 17.5. The van der Waals surface area contributed by atoms with E-state index in [9.17, 15) is 9.59 Å². The van der Waals surface area contributed by atoms with Crippen LogP contribution in [0.15, 0.2) is 60.0 Å². The molecule has 2 atom stereocenters. The van der Waals surface area contributed by atoms with Crippen molar-refractivity contribution in [2.45, 2.75) is 6.42 Å². The molecule has 2 aliphatic rings. The molecule has 0 aromatic carbocycles. The normalized spacial score (nSPS) is 24.9. The Hall–Kier alpha value is -3.22. The van der Waals surface area contributed by atoms with Gasteiger partial charge in [-0.1, -0.05) is 12.2 Å². The monoisotopic (exact) mass is 393 g/mol. The van der Waals surface area contributed by atoms with E-state index >= 15 is 0 Å². The molecular formula is C22H27N5O2. The number of aromatic nitrogens is 2. The summed E-state index contributed by atoms with van der Waals surface area (Å²) in [4.78, 5) is 37.8. The van der Waals surface area contributed by atoms with Crippen molar-refractivity contribution in [3.8, 4) is 0 Å². The zero-order valence-electron chi connectivity index (χ0n) is 17.5. The van der Waals surface area contributed by atoms with Gasteiger partial charge >= 0.3 is 0 Å². The van der Waals surface area contributed by atoms with Crippen molar-refractivity contribution in [3.05, 3.63) is 65.7 Å². The van der Waals surface area contributed by atoms with E-state index in [4.69, 9.17) is 0 Å². The summed E-state index contributed by atoms with van der Waals surface area (Å²) in [5.41, 5.74) is 2.20. The summed E-state index contributed by atoms with van der Waals surface area (Å²) < 4.78 is 0. The molecule has 0 bridgehead atoms. The Morgan fingerprint density at radius 3 is 2.55 bits per heavy atom. The highest BCUT2D eigenvalue weighted by molar-refractivity contribution is 5.92. The number of likely N-dealkylation sites (N-methyl/N-ethyl adjacent to an activating group) is 2. The van der Waals surface area contributed by atoms with E-state index in [1.807, 2.05) is 24.1 Å². The van der Waals surface area contributed by atoms with E-state index in [0.717, 1.165) is 17.7 Å². The van der Waals surface area contributed by atoms with Crippen LogP contribution in [-0.4, -0.2) is 66.8 Å². The predicted octanol–water partition coefficient (Wildman–Crippen LogP) is 2.28. The average molecular weight is 393 g/mol. The van der Waals surface area contributed by atoms with Crippen molar-refractivity contribution >= 4 is 17.8 Å². The van der Waals surface area contributed by atoms with Crippen LogP contribution in [0.3, 0.4) is 0 Å². The molecule has 0 saturated heterocycles. The van der Waals surface area contributed by atoms with Gasteiger partial charge in [0.25, 0.3) is 5.91 Å². The standard InChI is InChI=1S/C22H27N5O2/c1-25(2)20(28)9-6-15-12-17-14-16(17)7-8-18(13-15)27(5)22-23-11-10-19(24-22)21(29)26(3)4/h6-13,16-17H,14H2,1-5H3/b8-7-,9-6+,15-12-,18-13-. The molecule has 1 aromatic heterocycles. The summed E-state index contributed by atoms with van der Waals surface area (Å²) in [5, 5.41) is 0. The summed E-state index contributed by atoms with van der Waals surface area (Å²) in [5.74, 6) is 1.24. The van der Waals surface area contributed by atoms with Gasteiger partial charge in [-0.25, -0.2) is 9.97 Å². The fourth-order valence-electron chi connectivity index (χ4n) is 2.99. The number of nitrogens with zero attached hydrogens (tertiary/aromatic N) is 5. The first-order valence-corrected chi connectivity index (χ1v) is 9.55. The molecule has 152 valence electrons. The maximum Gasteiger partial charge on any atom is 0.272 e. The third-order valence-electron chi connectivity index (χ3n) is 4.94. The molecule has 1 fully saturated rings. The molecule has 2 aliphatic carbocycles. The van der Waals surface area contributed by atoms with Gasteiger partial charge in [0.1, 0.15) is 5.69 Å². The van der Waals surface area contributed by atoms with Crippen molar-refractivity contribution < 1.29 is 9.59 Å². The van der Waals surface area contributed by atoms with Crippen molar-refractivity contribution in [1.82, 2.24) is 19.8 Å². The van der Waals surface area contributed by atoms with Crippen LogP contribution in [0.1, 0.15) is 16.9 Å². The number of anilines is 1. The van der Waals surface area contributed by atoms with Crippen LogP contribution in [0.25, 0.3) is 0 Å². The zero-order chi connectivity index (χ0) is 21.1. The highest BCUT2D eigenvalue weighted by atomic mass is 16.2. The summed E-state index contributed by atoms with van der Waals surface area (Å²) in [6.07, 6.45) is 14.6. The minimum Gasteiger partial charge on any atom is -0.345 e. The topological polar surface area (TPSA) is 69.6 Å². The van der Waals surface area contributed by atoms with Crippen LogP contribution >= 0.6 is 0 Å². The first-order chi connectivity index (χ1) is 13.8. The van der Waals surface area contributed by atoms with Gasteiger partial charge in [-0.3, -0.25) is 9.59 Å². The van der Waals surface area contributed by atoms with E-state index < -0.39 is 0 Å². The van der Waals surface area contributed by atoms with Gasteiger partial charge in [0.15, 0.2) is 0 Å². The number of carbonyl (C=O) groups excluding carboxylic acids is 2. The predicted molar refractivity (Wildman–Crippen MR) is 113 cm³/mol. The number of carbonyl (C=O) groups is 2. The Morgan fingerprint density at radius 1 is 1.10 bits per heavy atom. The number of fused-ring (bicyclic) bond motifs is 1. The second kappa shape index (κ2) is 8.43. The number of hydrogen-bond donors (Lipinski definition) is 0. The lowest BCUT2D eigenvalue weighted by Gasteiger charge is -2.20. The summed E-state index contributed by atoms with van der Waals surface area (Å²) in [6.45, 7) is 0. The highest BCUT2D eigenvalue weighted by Gasteiger charge is 2.33. The molecule has 2 amide bonds. The smallest absolute Gasteiger partial charge is 0.272 e. The summed E-state index contributed by atoms with van der Waals surface area (Å²) in [7, 11) is 8.71. The summed E-state index contributed by atoms with van der Waals surface area (Å²) >= 11 is 0. The van der Waals surface area contributed by atoms with E-state index in [2.05, 4.69) is 28.2 Å². The molecule has 2 unspecified atom stereocenters. The molecule has 29 heavy (non-hydrogen) atoms. The molecule has 1 saturated carbocycles. The molecule has 0 N–H and O–H groups in total. The van der Waals surface area contributed by atoms with Gasteiger partial charge in [0, 0.05) is 53.2 Å². The minimum atomic E-state index is -0.171. The van der Waals surface area contributed by atoms with E-state index in [1.54, 1.807) is 46.5 Å². The molecule has 0 aliphatic heterocycles. The lowest BCUT2D eigenvalue weighted by molar-refractivity contribution is -0.123. The van der Waals surface area contributed by atoms with Gasteiger partial charge in [0.05, 0.1) is 0 Å². The maximum atomic E-state index is 12.2. The average Bonchev–Trinajstić information content (AvgIpc) is 3.42. The molecular weight excluding hydrogens is 366 g/mol. The first-order valence-electron chi connectivity index (χ1n) is 9.55. The van der Waals surface area contributed by atoms with Crippen LogP contribution in [0.2, 0.25) is 0 Å². The van der Waals surface area contributed by atoms with Gasteiger partial charge < -0.3 is 14.7 Å². The Kier molecular flexibility index (Phi) is 5.96. The maximum absolute atomic E-state index is 12.2. The fraction of sp³-hybridized carbons (Fsp3) is 0.364. The number of hydrogen-bond acceptors (Lipinski definition) is 5. The Balaban J connectivity index is 1.90. The quantitative estimate of drug-likeness (QED) is 0.718. The second-order valence-corrected chi connectivity index (χ2v) is 7.72. The van der Waals surface area contributed by atoms with Crippen LogP contribution in [0.4, 0.5) is 5.95 Å². The lowest BCUT2D eigenvalue weighted by Crippen LogP contribution is -2.25. The van der Waals surface area contributed by atoms with E-state index in [-0.39, 0.29) is 11.8 Å². The van der Waals surface area contributed by atoms with E-state index in [0.29, 0.717) is 23.5 Å². The van der Waals surface area contributed by atoms with Gasteiger partial charge in [-0.05, 0) is 48.1 Å². The van der Waals surface area contributed by atoms with Crippen LogP contribution in [-0.2, 0) is 4.79 Å². The van der Waals surface area contributed by atoms with Gasteiger partial charge in [-0.15, -0.1) is 0 Å². The number of allylic oxidation sites excluding steroid dienone is 6. The molecule has 3 rings (SSSR count). The Morgan fingerprint density at radius 2 is 1.86 bits per heavy atom. The molecule has 1 aromatic rings. The largest absolute Gasteiger partial charge is 0.345 e. The number of rotatable bonds is 5. The molecule has 7 heteroatoms. The highest BCUT2D eigenvalue weighted by Crippen LogP contribution is 2.43. The van der Waals surface area contributed by atoms with Crippen LogP contribution < -0.4 is 4.90 Å². The van der Waals surface area contributed by atoms with Crippen molar-refractivity contribution in [3.63, 3.8) is 0 Å². The molecule has 1 heterocycles. The first kappa shape index (κ1) is 20.5. The molecule has 7 nitrogen and oxygen atoms in total. The minimum absolute atomic E-state index is 0.0580. The Labute approximate surface area is 171 Å². The molecule has 0 spiro atoms. The fourth-order valence-corrected chi connectivity index (χ4v) is 2.99. The Bertz CT molecular complexity index is 927. The van der Waals surface area contributed by atoms with Gasteiger partial charge in [-0.2, -0.15) is 0 Å². The van der Waals surface area contributed by atoms with Crippen LogP contribution in [0.5, 0.6) is 0 Å². The van der Waals surface area contributed by atoms with Crippen molar-refractivity contribution in [2.24, 2.45) is 11.8 Å². The SMILES string of the molecule is CN(C)C(=O)/C=C/C1=C/C2CC2/C=C\C(N(C)c2nccc(C(=O)N(C)C)n2)=C\1. The third kappa shape index (κ3) is 4.99. The van der Waals surface area contributed by atoms with Crippen molar-refractivity contribution in [1.29, 1.82) is 0 Å². The second-order valence-electron chi connectivity index (χ2n) is 7.72. The lowest BCUT2D eigenvalue weighted by atomic mass is 10.1.